The summed E-state index contributed by atoms with van der Waals surface area (Å²) in [5, 5.41) is 10.00. The number of carboxylic acids is 1. The van der Waals surface area contributed by atoms with E-state index in [0.29, 0.717) is 21.6 Å². The zero-order valence-electron chi connectivity index (χ0n) is 9.50. The van der Waals surface area contributed by atoms with Crippen molar-refractivity contribution in [2.24, 2.45) is 10.9 Å². The van der Waals surface area contributed by atoms with Crippen LogP contribution < -0.4 is 0 Å². The molecule has 2 aromatic rings. The van der Waals surface area contributed by atoms with Crippen molar-refractivity contribution in [1.82, 2.24) is 4.98 Å². The molecule has 0 fully saturated rings. The van der Waals surface area contributed by atoms with Crippen molar-refractivity contribution in [2.45, 2.75) is 0 Å². The van der Waals surface area contributed by atoms with Crippen LogP contribution in [-0.4, -0.2) is 28.1 Å². The first kappa shape index (κ1) is 11.8. The van der Waals surface area contributed by atoms with E-state index in [-0.39, 0.29) is 5.56 Å². The Morgan fingerprint density at radius 1 is 1.42 bits per heavy atom. The number of fused-ring (bicyclic) bond motifs is 3. The summed E-state index contributed by atoms with van der Waals surface area (Å²) in [7, 11) is 0. The van der Waals surface area contributed by atoms with Crippen LogP contribution in [0.3, 0.4) is 0 Å². The second-order valence-electron chi connectivity index (χ2n) is 4.11. The van der Waals surface area contributed by atoms with Gasteiger partial charge in [0.1, 0.15) is 0 Å². The Balaban J connectivity index is 2.33. The molecule has 1 aliphatic rings. The predicted octanol–water partition coefficient (Wildman–Crippen LogP) is 2.49. The number of ketones is 1. The molecule has 0 amide bonds. The number of aromatic nitrogens is 1. The van der Waals surface area contributed by atoms with Crippen molar-refractivity contribution < 1.29 is 14.7 Å². The summed E-state index contributed by atoms with van der Waals surface area (Å²) in [6.07, 6.45) is 2.71. The molecular weight excluding hydrogens is 268 g/mol. The number of pyridine rings is 1. The first-order chi connectivity index (χ1) is 9.09. The highest BCUT2D eigenvalue weighted by Gasteiger charge is 2.32. The lowest BCUT2D eigenvalue weighted by Gasteiger charge is -2.16. The fraction of sp³-hybridized carbons (Fsp3) is 0.0769. The summed E-state index contributed by atoms with van der Waals surface area (Å²) >= 11 is 6.10. The van der Waals surface area contributed by atoms with Crippen molar-refractivity contribution in [3.63, 3.8) is 0 Å². The zero-order chi connectivity index (χ0) is 13.6. The minimum atomic E-state index is -1.26. The molecule has 1 aromatic carbocycles. The van der Waals surface area contributed by atoms with E-state index in [1.165, 1.54) is 6.07 Å². The fourth-order valence-corrected chi connectivity index (χ4v) is 2.33. The van der Waals surface area contributed by atoms with Gasteiger partial charge in [0.2, 0.25) is 0 Å². The topological polar surface area (TPSA) is 79.6 Å². The summed E-state index contributed by atoms with van der Waals surface area (Å²) in [6, 6.07) is 4.96. The summed E-state index contributed by atoms with van der Waals surface area (Å²) in [4.78, 5) is 31.3. The minimum absolute atomic E-state index is 0.200. The number of hydrogen-bond donors (Lipinski definition) is 1. The number of halogens is 1. The van der Waals surface area contributed by atoms with Gasteiger partial charge in [-0.1, -0.05) is 11.6 Å². The molecule has 0 bridgehead atoms. The van der Waals surface area contributed by atoms with E-state index < -0.39 is 17.7 Å². The Kier molecular flexibility index (Phi) is 2.57. The molecule has 1 aromatic heterocycles. The smallest absolute Gasteiger partial charge is 0.319 e. The third-order valence-electron chi connectivity index (χ3n) is 2.98. The fourth-order valence-electron chi connectivity index (χ4n) is 2.07. The summed E-state index contributed by atoms with van der Waals surface area (Å²) < 4.78 is 0. The molecule has 1 N–H and O–H groups in total. The zero-order valence-corrected chi connectivity index (χ0v) is 10.3. The number of nitrogens with zero attached hydrogens (tertiary/aromatic N) is 2. The molecule has 0 spiro atoms. The lowest BCUT2D eigenvalue weighted by molar-refractivity contribution is -0.137. The minimum Gasteiger partial charge on any atom is -0.480 e. The number of carbonyl (C=O) groups excluding carboxylic acids is 1. The molecule has 0 radical (unpaired) electrons. The van der Waals surface area contributed by atoms with Gasteiger partial charge in [0.05, 0.1) is 16.2 Å². The van der Waals surface area contributed by atoms with Gasteiger partial charge < -0.3 is 5.11 Å². The highest BCUT2D eigenvalue weighted by Crippen LogP contribution is 2.37. The number of aliphatic imine (C=N–C) groups is 1. The van der Waals surface area contributed by atoms with Crippen LogP contribution in [-0.2, 0) is 4.79 Å². The lowest BCUT2D eigenvalue weighted by atomic mass is 9.93. The molecule has 2 heterocycles. The van der Waals surface area contributed by atoms with Crippen molar-refractivity contribution >= 4 is 46.2 Å². The van der Waals surface area contributed by atoms with E-state index in [1.807, 2.05) is 0 Å². The highest BCUT2D eigenvalue weighted by atomic mass is 35.5. The highest BCUT2D eigenvalue weighted by molar-refractivity contribution is 6.37. The van der Waals surface area contributed by atoms with Gasteiger partial charge in [-0.05, 0) is 18.2 Å². The molecule has 0 saturated heterocycles. The second-order valence-corrected chi connectivity index (χ2v) is 4.52. The van der Waals surface area contributed by atoms with Crippen LogP contribution in [0.25, 0.3) is 10.9 Å². The molecule has 1 atom stereocenters. The Bertz CT molecular complexity index is 755. The molecule has 1 aliphatic heterocycles. The second kappa shape index (κ2) is 4.13. The van der Waals surface area contributed by atoms with Gasteiger partial charge >= 0.3 is 5.97 Å². The van der Waals surface area contributed by atoms with Crippen molar-refractivity contribution in [3.05, 3.63) is 35.0 Å². The van der Waals surface area contributed by atoms with Gasteiger partial charge in [0, 0.05) is 23.4 Å². The number of carboxylic acid groups (broad SMARTS) is 1. The SMILES string of the molecule is O=C(O)C1C=Nc2c(cc(Cl)c3cccnc23)C1=O. The average Bonchev–Trinajstić information content (AvgIpc) is 2.40. The van der Waals surface area contributed by atoms with Crippen molar-refractivity contribution in [1.29, 1.82) is 0 Å². The summed E-state index contributed by atoms with van der Waals surface area (Å²) in [5.41, 5.74) is 1.08. The molecule has 19 heavy (non-hydrogen) atoms. The van der Waals surface area contributed by atoms with Gasteiger partial charge in [0.25, 0.3) is 0 Å². The summed E-state index contributed by atoms with van der Waals surface area (Å²) in [6.45, 7) is 0. The maximum atomic E-state index is 12.1. The summed E-state index contributed by atoms with van der Waals surface area (Å²) in [5.74, 6) is -3.01. The molecule has 0 saturated carbocycles. The first-order valence-corrected chi connectivity index (χ1v) is 5.86. The third-order valence-corrected chi connectivity index (χ3v) is 3.29. The lowest BCUT2D eigenvalue weighted by Crippen LogP contribution is -2.27. The van der Waals surface area contributed by atoms with E-state index in [9.17, 15) is 9.59 Å². The number of Topliss-reactive ketones (excluding diaryl/α,β-unsaturated/α-hetero) is 1. The van der Waals surface area contributed by atoms with E-state index >= 15 is 0 Å². The Labute approximate surface area is 112 Å². The van der Waals surface area contributed by atoms with Crippen molar-refractivity contribution in [2.75, 3.05) is 0 Å². The van der Waals surface area contributed by atoms with E-state index in [0.717, 1.165) is 6.21 Å². The van der Waals surface area contributed by atoms with Gasteiger partial charge in [-0.25, -0.2) is 0 Å². The molecule has 5 nitrogen and oxygen atoms in total. The largest absolute Gasteiger partial charge is 0.480 e. The van der Waals surface area contributed by atoms with Gasteiger partial charge in [0.15, 0.2) is 11.7 Å². The predicted molar refractivity (Wildman–Crippen MR) is 70.4 cm³/mol. The first-order valence-electron chi connectivity index (χ1n) is 5.48. The van der Waals surface area contributed by atoms with Crippen LogP contribution in [0, 0.1) is 5.92 Å². The number of aliphatic carboxylic acids is 1. The Morgan fingerprint density at radius 3 is 2.95 bits per heavy atom. The molecule has 94 valence electrons. The molecule has 1 unspecified atom stereocenters. The normalized spacial score (nSPS) is 17.5. The Hall–Kier alpha value is -2.27. The van der Waals surface area contributed by atoms with Crippen LogP contribution in [0.1, 0.15) is 10.4 Å². The number of benzene rings is 1. The number of hydrogen-bond acceptors (Lipinski definition) is 4. The van der Waals surface area contributed by atoms with Gasteiger partial charge in [-0.15, -0.1) is 0 Å². The van der Waals surface area contributed by atoms with Crippen molar-refractivity contribution in [3.8, 4) is 0 Å². The van der Waals surface area contributed by atoms with Crippen LogP contribution in [0.15, 0.2) is 29.4 Å². The number of carbonyl (C=O) groups is 2. The van der Waals surface area contributed by atoms with Crippen LogP contribution >= 0.6 is 11.6 Å². The van der Waals surface area contributed by atoms with Crippen LogP contribution in [0.4, 0.5) is 5.69 Å². The molecule has 6 heteroatoms. The molecule has 3 rings (SSSR count). The van der Waals surface area contributed by atoms with Crippen LogP contribution in [0.5, 0.6) is 0 Å². The van der Waals surface area contributed by atoms with E-state index in [2.05, 4.69) is 9.98 Å². The standard InChI is InChI=1S/C13H7ClN2O3/c14-9-4-7-11(10-6(9)2-1-3-15-10)16-5-8(12(7)17)13(18)19/h1-5,8H,(H,18,19). The molecule has 0 aliphatic carbocycles. The van der Waals surface area contributed by atoms with E-state index in [4.69, 9.17) is 16.7 Å². The maximum Gasteiger partial charge on any atom is 0.319 e. The quantitative estimate of drug-likeness (QED) is 0.810. The average molecular weight is 275 g/mol. The van der Waals surface area contributed by atoms with E-state index in [1.54, 1.807) is 18.3 Å². The van der Waals surface area contributed by atoms with Crippen LogP contribution in [0.2, 0.25) is 5.02 Å². The van der Waals surface area contributed by atoms with Gasteiger partial charge in [-0.2, -0.15) is 0 Å². The van der Waals surface area contributed by atoms with Gasteiger partial charge in [-0.3, -0.25) is 19.6 Å². The maximum absolute atomic E-state index is 12.1. The third kappa shape index (κ3) is 1.70. The monoisotopic (exact) mass is 274 g/mol. The molecular formula is C13H7ClN2O3. The number of rotatable bonds is 1. The Morgan fingerprint density at radius 2 is 2.21 bits per heavy atom.